The molecule has 4 heteroatoms. The van der Waals surface area contributed by atoms with Gasteiger partial charge in [0.2, 0.25) is 0 Å². The summed E-state index contributed by atoms with van der Waals surface area (Å²) < 4.78 is 4.91. The topological polar surface area (TPSA) is 35.6 Å². The van der Waals surface area contributed by atoms with Crippen LogP contribution < -0.4 is 0 Å². The van der Waals surface area contributed by atoms with Crippen molar-refractivity contribution in [2.24, 2.45) is 0 Å². The van der Waals surface area contributed by atoms with Crippen LogP contribution in [-0.4, -0.2) is 19.1 Å². The lowest BCUT2D eigenvalue weighted by molar-refractivity contribution is 0.332. The molecule has 1 aliphatic carbocycles. The van der Waals surface area contributed by atoms with Gasteiger partial charge >= 0.3 is 0 Å². The first-order valence-corrected chi connectivity index (χ1v) is 21.2. The zero-order valence-electron chi connectivity index (χ0n) is 34.4. The normalized spacial score (nSPS) is 14.8. The Hall–Kier alpha value is -7.04. The largest absolute Gasteiger partial charge is 0.309 e. The Morgan fingerprint density at radius 3 is 1.75 bits per heavy atom. The van der Waals surface area contributed by atoms with Crippen molar-refractivity contribution < 1.29 is 0 Å². The molecular weight excluding hydrogens is 729 g/mol. The lowest BCUT2D eigenvalue weighted by Gasteiger charge is -2.42. The fourth-order valence-electron chi connectivity index (χ4n) is 10.3. The first-order chi connectivity index (χ1) is 29.2. The molecule has 0 unspecified atom stereocenters. The third-order valence-electron chi connectivity index (χ3n) is 13.5. The highest BCUT2D eigenvalue weighted by molar-refractivity contribution is 6.33. The minimum atomic E-state index is 0.0542. The van der Waals surface area contributed by atoms with Crippen LogP contribution in [0.25, 0.3) is 99.3 Å². The smallest absolute Gasteiger partial charge is 0.165 e. The second-order valence-corrected chi connectivity index (χ2v) is 18.1. The van der Waals surface area contributed by atoms with E-state index in [1.807, 2.05) is 6.07 Å². The van der Waals surface area contributed by atoms with Gasteiger partial charge < -0.3 is 4.57 Å². The summed E-state index contributed by atoms with van der Waals surface area (Å²) in [5.41, 5.74) is 14.8. The summed E-state index contributed by atoms with van der Waals surface area (Å²) in [6.07, 6.45) is 2.32. The molecule has 0 saturated carbocycles. The average molecular weight is 773 g/mol. The third kappa shape index (κ3) is 5.10. The van der Waals surface area contributed by atoms with Crippen molar-refractivity contribution in [1.82, 2.24) is 19.1 Å². The molecule has 4 nitrogen and oxygen atoms in total. The van der Waals surface area contributed by atoms with E-state index >= 15 is 0 Å². The molecule has 11 aromatic rings. The molecule has 60 heavy (non-hydrogen) atoms. The van der Waals surface area contributed by atoms with E-state index in [2.05, 4.69) is 201 Å². The molecule has 0 aliphatic heterocycles. The standard InChI is InChI=1S/C56H44N4/c1-55(2)30-31-56(3,4)43-34-49-41(33-42(43)55)51-46(59(49)39-21-9-6-10-22-39)28-29-48-52(51)50-40-23-12-11-18-36(40)26-27-47(50)60(48)54-53(57-44-24-13-14-25-45(44)58-54)38-20-15-19-37(32-38)35-16-7-5-8-17-35/h5-29,32-34H,30-31H2,1-4H3. The minimum Gasteiger partial charge on any atom is -0.309 e. The zero-order chi connectivity index (χ0) is 40.3. The van der Waals surface area contributed by atoms with Crippen molar-refractivity contribution in [3.63, 3.8) is 0 Å². The van der Waals surface area contributed by atoms with E-state index in [-0.39, 0.29) is 10.8 Å². The maximum absolute atomic E-state index is 5.56. The number of rotatable bonds is 4. The van der Waals surface area contributed by atoms with Gasteiger partial charge in [0.25, 0.3) is 0 Å². The maximum atomic E-state index is 5.56. The third-order valence-corrected chi connectivity index (χ3v) is 13.5. The van der Waals surface area contributed by atoms with Crippen LogP contribution in [0.15, 0.2) is 170 Å². The van der Waals surface area contributed by atoms with Gasteiger partial charge in [-0.1, -0.05) is 137 Å². The first kappa shape index (κ1) is 35.0. The number of nitrogens with zero attached hydrogens (tertiary/aromatic N) is 4. The Morgan fingerprint density at radius 2 is 0.983 bits per heavy atom. The first-order valence-electron chi connectivity index (χ1n) is 21.2. The average Bonchev–Trinajstić information content (AvgIpc) is 3.80. The molecule has 0 saturated heterocycles. The molecule has 288 valence electrons. The fourth-order valence-corrected chi connectivity index (χ4v) is 10.3. The van der Waals surface area contributed by atoms with Crippen molar-refractivity contribution in [2.75, 3.05) is 0 Å². The lowest BCUT2D eigenvalue weighted by Crippen LogP contribution is -2.33. The zero-order valence-corrected chi connectivity index (χ0v) is 34.4. The van der Waals surface area contributed by atoms with Crippen LogP contribution in [0.1, 0.15) is 51.7 Å². The van der Waals surface area contributed by atoms with Crippen LogP contribution in [0.5, 0.6) is 0 Å². The highest BCUT2D eigenvalue weighted by Crippen LogP contribution is 2.51. The Bertz CT molecular complexity index is 3530. The monoisotopic (exact) mass is 772 g/mol. The van der Waals surface area contributed by atoms with Crippen LogP contribution in [0.4, 0.5) is 0 Å². The van der Waals surface area contributed by atoms with E-state index in [0.29, 0.717) is 0 Å². The number of hydrogen-bond acceptors (Lipinski definition) is 2. The number of hydrogen-bond donors (Lipinski definition) is 0. The minimum absolute atomic E-state index is 0.0542. The Morgan fingerprint density at radius 1 is 0.417 bits per heavy atom. The highest BCUT2D eigenvalue weighted by Gasteiger charge is 2.38. The quantitative estimate of drug-likeness (QED) is 0.179. The molecule has 0 N–H and O–H groups in total. The molecule has 0 radical (unpaired) electrons. The van der Waals surface area contributed by atoms with Crippen molar-refractivity contribution in [1.29, 1.82) is 0 Å². The van der Waals surface area contributed by atoms with Gasteiger partial charge in [0.1, 0.15) is 5.69 Å². The van der Waals surface area contributed by atoms with Crippen LogP contribution in [0.3, 0.4) is 0 Å². The van der Waals surface area contributed by atoms with Crippen molar-refractivity contribution >= 4 is 65.4 Å². The molecule has 8 aromatic carbocycles. The second-order valence-electron chi connectivity index (χ2n) is 18.1. The van der Waals surface area contributed by atoms with Crippen LogP contribution in [-0.2, 0) is 10.8 Å². The molecule has 0 amide bonds. The molecule has 0 spiro atoms. The number of benzene rings is 8. The predicted molar refractivity (Wildman–Crippen MR) is 252 cm³/mol. The van der Waals surface area contributed by atoms with Gasteiger partial charge in [0.15, 0.2) is 5.82 Å². The summed E-state index contributed by atoms with van der Waals surface area (Å²) in [6.45, 7) is 9.73. The Kier molecular flexibility index (Phi) is 7.41. The molecular formula is C56H44N4. The van der Waals surface area contributed by atoms with E-state index in [1.54, 1.807) is 0 Å². The van der Waals surface area contributed by atoms with Crippen molar-refractivity contribution in [3.8, 4) is 33.9 Å². The SMILES string of the molecule is CC1(C)CCC(C)(C)c2cc3c(cc21)c1c2c4c5ccccc5ccc4n(-c4nc5ccccc5nc4-c4cccc(-c5ccccc5)c4)c2ccc1n3-c1ccccc1. The van der Waals surface area contributed by atoms with Crippen molar-refractivity contribution in [2.45, 2.75) is 51.4 Å². The molecule has 3 aromatic heterocycles. The summed E-state index contributed by atoms with van der Waals surface area (Å²) in [5.74, 6) is 0.820. The van der Waals surface area contributed by atoms with Gasteiger partial charge in [-0.05, 0) is 117 Å². The molecule has 0 atom stereocenters. The van der Waals surface area contributed by atoms with Gasteiger partial charge in [0.05, 0.1) is 33.1 Å². The van der Waals surface area contributed by atoms with Gasteiger partial charge in [-0.2, -0.15) is 0 Å². The summed E-state index contributed by atoms with van der Waals surface area (Å²) in [4.78, 5) is 11.0. The van der Waals surface area contributed by atoms with Gasteiger partial charge in [-0.3, -0.25) is 4.57 Å². The van der Waals surface area contributed by atoms with Crippen LogP contribution in [0, 0.1) is 0 Å². The Balaban J connectivity index is 1.27. The summed E-state index contributed by atoms with van der Waals surface area (Å²) in [6, 6.07) is 61.7. The molecule has 12 rings (SSSR count). The molecule has 3 heterocycles. The maximum Gasteiger partial charge on any atom is 0.165 e. The van der Waals surface area contributed by atoms with E-state index in [9.17, 15) is 0 Å². The van der Waals surface area contributed by atoms with E-state index in [1.165, 1.54) is 65.7 Å². The van der Waals surface area contributed by atoms with Gasteiger partial charge in [-0.15, -0.1) is 0 Å². The second kappa shape index (κ2) is 12.7. The lowest BCUT2D eigenvalue weighted by atomic mass is 9.63. The molecule has 0 fully saturated rings. The van der Waals surface area contributed by atoms with E-state index in [4.69, 9.17) is 9.97 Å². The number of fused-ring (bicyclic) bond motifs is 11. The van der Waals surface area contributed by atoms with E-state index in [0.717, 1.165) is 57.5 Å². The molecule has 0 bridgehead atoms. The van der Waals surface area contributed by atoms with Crippen LogP contribution >= 0.6 is 0 Å². The molecule has 1 aliphatic rings. The summed E-state index contributed by atoms with van der Waals surface area (Å²) in [5, 5.41) is 7.48. The highest BCUT2D eigenvalue weighted by atomic mass is 15.1. The van der Waals surface area contributed by atoms with Gasteiger partial charge in [-0.25, -0.2) is 9.97 Å². The predicted octanol–water partition coefficient (Wildman–Crippen LogP) is 14.7. The van der Waals surface area contributed by atoms with Crippen molar-refractivity contribution in [3.05, 3.63) is 181 Å². The van der Waals surface area contributed by atoms with E-state index < -0.39 is 0 Å². The fraction of sp³-hybridized carbons (Fsp3) is 0.143. The Labute approximate surface area is 349 Å². The summed E-state index contributed by atoms with van der Waals surface area (Å²) >= 11 is 0. The van der Waals surface area contributed by atoms with Gasteiger partial charge in [0, 0.05) is 32.8 Å². The number of aromatic nitrogens is 4. The van der Waals surface area contributed by atoms with Crippen LogP contribution in [0.2, 0.25) is 0 Å². The summed E-state index contributed by atoms with van der Waals surface area (Å²) in [7, 11) is 0. The number of para-hydroxylation sites is 3.